The van der Waals surface area contributed by atoms with E-state index in [1.54, 1.807) is 4.68 Å². The van der Waals surface area contributed by atoms with Gasteiger partial charge in [-0.3, -0.25) is 9.48 Å². The molecule has 0 radical (unpaired) electrons. The summed E-state index contributed by atoms with van der Waals surface area (Å²) < 4.78 is 7.59. The molecule has 2 aromatic rings. The first-order valence-corrected chi connectivity index (χ1v) is 9.93. The van der Waals surface area contributed by atoms with Crippen molar-refractivity contribution in [1.82, 2.24) is 14.7 Å². The number of aliphatic hydroxyl groups is 1. The van der Waals surface area contributed by atoms with Crippen molar-refractivity contribution in [2.75, 3.05) is 26.2 Å². The Hall–Kier alpha value is -1.93. The third kappa shape index (κ3) is 3.92. The molecule has 2 aliphatic rings. The number of halogens is 1. The highest BCUT2D eigenvalue weighted by Crippen LogP contribution is 2.51. The van der Waals surface area contributed by atoms with Crippen LogP contribution in [0.15, 0.2) is 36.4 Å². The Morgan fingerprint density at radius 1 is 1.31 bits per heavy atom. The van der Waals surface area contributed by atoms with E-state index < -0.39 is 0 Å². The van der Waals surface area contributed by atoms with Gasteiger partial charge in [-0.25, -0.2) is 0 Å². The summed E-state index contributed by atoms with van der Waals surface area (Å²) in [6.45, 7) is 2.21. The smallest absolute Gasteiger partial charge is 0.274 e. The van der Waals surface area contributed by atoms with Crippen LogP contribution in [0.1, 0.15) is 29.8 Å². The first-order valence-electron chi connectivity index (χ1n) is 9.93. The quantitative estimate of drug-likeness (QED) is 0.769. The van der Waals surface area contributed by atoms with Crippen LogP contribution in [-0.4, -0.2) is 64.1 Å². The number of aryl methyl sites for hydroxylation is 1. The maximum Gasteiger partial charge on any atom is 0.274 e. The fraction of sp³-hybridized carbons (Fsp3) is 0.524. The van der Waals surface area contributed by atoms with Crippen LogP contribution in [0.5, 0.6) is 0 Å². The normalized spacial score (nSPS) is 22.8. The molecule has 29 heavy (non-hydrogen) atoms. The molecule has 1 aliphatic heterocycles. The second-order valence-corrected chi connectivity index (χ2v) is 7.83. The van der Waals surface area contributed by atoms with E-state index in [9.17, 15) is 9.90 Å². The molecule has 0 bridgehead atoms. The molecule has 8 heteroatoms. The molecule has 1 saturated carbocycles. The molecule has 1 spiro atoms. The summed E-state index contributed by atoms with van der Waals surface area (Å²) in [7, 11) is 1.86. The Kier molecular flexibility index (Phi) is 6.63. The molecule has 2 heterocycles. The molecule has 1 aliphatic carbocycles. The lowest BCUT2D eigenvalue weighted by molar-refractivity contribution is -0.208. The Morgan fingerprint density at radius 3 is 2.62 bits per heavy atom. The van der Waals surface area contributed by atoms with E-state index in [0.29, 0.717) is 38.4 Å². The van der Waals surface area contributed by atoms with Gasteiger partial charge in [-0.2, -0.15) is 5.10 Å². The Balaban J connectivity index is 0.00000240. The van der Waals surface area contributed by atoms with Crippen molar-refractivity contribution in [1.29, 1.82) is 0 Å². The summed E-state index contributed by atoms with van der Waals surface area (Å²) in [5, 5.41) is 14.8. The van der Waals surface area contributed by atoms with Crippen molar-refractivity contribution in [3.8, 4) is 11.3 Å². The molecule has 3 N–H and O–H groups in total. The van der Waals surface area contributed by atoms with Crippen molar-refractivity contribution in [3.05, 3.63) is 42.1 Å². The minimum atomic E-state index is -0.355. The predicted octanol–water partition coefficient (Wildman–Crippen LogP) is 1.84. The van der Waals surface area contributed by atoms with Gasteiger partial charge >= 0.3 is 0 Å². The highest BCUT2D eigenvalue weighted by molar-refractivity contribution is 5.93. The third-order valence-corrected chi connectivity index (χ3v) is 6.33. The average molecular weight is 421 g/mol. The number of nitrogens with two attached hydrogens (primary N) is 1. The van der Waals surface area contributed by atoms with Crippen LogP contribution < -0.4 is 5.73 Å². The zero-order valence-corrected chi connectivity index (χ0v) is 17.5. The summed E-state index contributed by atoms with van der Waals surface area (Å²) in [5.74, 6) is -0.0547. The molecule has 1 aromatic heterocycles. The molecular weight excluding hydrogens is 392 g/mol. The third-order valence-electron chi connectivity index (χ3n) is 6.33. The van der Waals surface area contributed by atoms with E-state index in [1.807, 2.05) is 48.3 Å². The molecule has 4 rings (SSSR count). The van der Waals surface area contributed by atoms with Crippen LogP contribution in [-0.2, 0) is 11.8 Å². The number of ether oxygens (including phenoxy) is 1. The van der Waals surface area contributed by atoms with Gasteiger partial charge in [0.25, 0.3) is 5.91 Å². The summed E-state index contributed by atoms with van der Waals surface area (Å²) in [6.07, 6.45) is 1.84. The molecule has 1 saturated heterocycles. The fourth-order valence-electron chi connectivity index (χ4n) is 4.56. The van der Waals surface area contributed by atoms with Crippen LogP contribution in [0.4, 0.5) is 0 Å². The van der Waals surface area contributed by atoms with E-state index in [-0.39, 0.29) is 35.9 Å². The second kappa shape index (κ2) is 8.83. The fourth-order valence-corrected chi connectivity index (χ4v) is 4.56. The Morgan fingerprint density at radius 2 is 2.00 bits per heavy atom. The predicted molar refractivity (Wildman–Crippen MR) is 113 cm³/mol. The van der Waals surface area contributed by atoms with Crippen molar-refractivity contribution >= 4 is 18.3 Å². The number of nitrogens with zero attached hydrogens (tertiary/aromatic N) is 3. The van der Waals surface area contributed by atoms with Gasteiger partial charge in [-0.05, 0) is 24.5 Å². The topological polar surface area (TPSA) is 93.6 Å². The maximum absolute atomic E-state index is 13.0. The molecular formula is C21H29ClN4O3. The van der Waals surface area contributed by atoms with E-state index >= 15 is 0 Å². The minimum Gasteiger partial charge on any atom is -0.392 e. The standard InChI is InChI=1S/C21H28N4O3.ClH/c1-24-17(15-5-3-2-4-6-15)13-16(23-24)20(27)25-10-7-21(8-11-25)18(26)14-19(21)28-12-9-22;/h2-6,13,18-19,26H,7-12,14,22H2,1H3;1H/t18-,19+;/m1./s1. The molecule has 2 atom stereocenters. The number of amides is 1. The summed E-state index contributed by atoms with van der Waals surface area (Å²) in [4.78, 5) is 14.8. The number of likely N-dealkylation sites (tertiary alicyclic amines) is 1. The highest BCUT2D eigenvalue weighted by Gasteiger charge is 2.56. The van der Waals surface area contributed by atoms with Crippen LogP contribution in [0.3, 0.4) is 0 Å². The molecule has 1 amide bonds. The average Bonchev–Trinajstić information content (AvgIpc) is 3.13. The lowest BCUT2D eigenvalue weighted by Crippen LogP contribution is -2.63. The second-order valence-electron chi connectivity index (χ2n) is 7.83. The largest absolute Gasteiger partial charge is 0.392 e. The van der Waals surface area contributed by atoms with Crippen molar-refractivity contribution in [2.24, 2.45) is 18.2 Å². The lowest BCUT2D eigenvalue weighted by atomic mass is 9.58. The van der Waals surface area contributed by atoms with E-state index in [2.05, 4.69) is 5.10 Å². The number of carbonyl (C=O) groups excluding carboxylic acids is 1. The van der Waals surface area contributed by atoms with Gasteiger partial charge in [0.15, 0.2) is 5.69 Å². The monoisotopic (exact) mass is 420 g/mol. The number of rotatable bonds is 5. The first kappa shape index (κ1) is 21.8. The van der Waals surface area contributed by atoms with Crippen LogP contribution in [0, 0.1) is 5.41 Å². The number of hydrogen-bond acceptors (Lipinski definition) is 5. The summed E-state index contributed by atoms with van der Waals surface area (Å²) >= 11 is 0. The van der Waals surface area contributed by atoms with Gasteiger partial charge in [0.05, 0.1) is 24.5 Å². The molecule has 0 unspecified atom stereocenters. The van der Waals surface area contributed by atoms with Crippen molar-refractivity contribution in [2.45, 2.75) is 31.5 Å². The van der Waals surface area contributed by atoms with Gasteiger partial charge in [0.2, 0.25) is 0 Å². The maximum atomic E-state index is 13.0. The SMILES string of the molecule is Cl.Cn1nc(C(=O)N2CCC3(CC2)[C@H](O)C[C@@H]3OCCN)cc1-c1ccccc1. The number of aliphatic hydroxyl groups excluding tert-OH is 1. The highest BCUT2D eigenvalue weighted by atomic mass is 35.5. The van der Waals surface area contributed by atoms with E-state index in [4.69, 9.17) is 10.5 Å². The number of hydrogen-bond donors (Lipinski definition) is 2. The zero-order valence-electron chi connectivity index (χ0n) is 16.7. The van der Waals surface area contributed by atoms with E-state index in [1.165, 1.54) is 0 Å². The van der Waals surface area contributed by atoms with Crippen molar-refractivity contribution < 1.29 is 14.6 Å². The molecule has 2 fully saturated rings. The van der Waals surface area contributed by atoms with Gasteiger partial charge < -0.3 is 20.5 Å². The van der Waals surface area contributed by atoms with Crippen molar-refractivity contribution in [3.63, 3.8) is 0 Å². The Bertz CT molecular complexity index is 834. The van der Waals surface area contributed by atoms with Gasteiger partial charge in [-0.1, -0.05) is 30.3 Å². The van der Waals surface area contributed by atoms with Gasteiger partial charge in [-0.15, -0.1) is 12.4 Å². The van der Waals surface area contributed by atoms with E-state index in [0.717, 1.165) is 24.1 Å². The number of benzene rings is 1. The number of piperidine rings is 1. The van der Waals surface area contributed by atoms with Crippen LogP contribution in [0.2, 0.25) is 0 Å². The first-order chi connectivity index (χ1) is 13.5. The number of aromatic nitrogens is 2. The molecule has 158 valence electrons. The van der Waals surface area contributed by atoms with Gasteiger partial charge in [0, 0.05) is 38.5 Å². The van der Waals surface area contributed by atoms with Gasteiger partial charge in [0.1, 0.15) is 0 Å². The Labute approximate surface area is 177 Å². The minimum absolute atomic E-state index is 0. The molecule has 1 aromatic carbocycles. The zero-order chi connectivity index (χ0) is 19.7. The number of carbonyl (C=O) groups is 1. The summed E-state index contributed by atoms with van der Waals surface area (Å²) in [5.41, 5.74) is 7.72. The van der Waals surface area contributed by atoms with Crippen LogP contribution >= 0.6 is 12.4 Å². The van der Waals surface area contributed by atoms with Crippen LogP contribution in [0.25, 0.3) is 11.3 Å². The summed E-state index contributed by atoms with van der Waals surface area (Å²) in [6, 6.07) is 11.8. The molecule has 7 nitrogen and oxygen atoms in total. The lowest BCUT2D eigenvalue weighted by Gasteiger charge is -2.56.